The standard InChI is InChI=1S/C19H18FN5O3/c1-27-13-7-8-14(17(9-13)28-2)16-10-15(11-3-5-12(20)6-4-11)22-18(23-16)24-19(26)25-21/h3-10H,21H2,1-2H3,(H2,22,23,24,25,26). The first kappa shape index (κ1) is 19.1. The molecular formula is C19H18FN5O3. The molecule has 0 fully saturated rings. The van der Waals surface area contributed by atoms with Crippen LogP contribution in [-0.4, -0.2) is 30.2 Å². The van der Waals surface area contributed by atoms with Crippen molar-refractivity contribution in [2.24, 2.45) is 5.84 Å². The van der Waals surface area contributed by atoms with Gasteiger partial charge in [-0.3, -0.25) is 10.7 Å². The fourth-order valence-electron chi connectivity index (χ4n) is 2.56. The van der Waals surface area contributed by atoms with Gasteiger partial charge in [-0.05, 0) is 42.5 Å². The van der Waals surface area contributed by atoms with Gasteiger partial charge >= 0.3 is 6.03 Å². The number of amides is 2. The molecule has 0 saturated heterocycles. The Morgan fingerprint density at radius 1 is 1.00 bits per heavy atom. The van der Waals surface area contributed by atoms with Crippen LogP contribution in [0.2, 0.25) is 0 Å². The Balaban J connectivity index is 2.14. The summed E-state index contributed by atoms with van der Waals surface area (Å²) in [5, 5.41) is 2.45. The molecule has 3 rings (SSSR count). The number of aromatic nitrogens is 2. The van der Waals surface area contributed by atoms with Crippen LogP contribution in [0.15, 0.2) is 48.5 Å². The number of ether oxygens (including phenoxy) is 2. The molecule has 0 unspecified atom stereocenters. The third kappa shape index (κ3) is 4.15. The highest BCUT2D eigenvalue weighted by molar-refractivity contribution is 5.87. The minimum absolute atomic E-state index is 0.0256. The first-order valence-electron chi connectivity index (χ1n) is 8.19. The van der Waals surface area contributed by atoms with Crippen molar-refractivity contribution in [3.63, 3.8) is 0 Å². The van der Waals surface area contributed by atoms with E-state index in [1.807, 2.05) is 5.43 Å². The molecular weight excluding hydrogens is 365 g/mol. The van der Waals surface area contributed by atoms with Gasteiger partial charge in [-0.1, -0.05) is 0 Å². The highest BCUT2D eigenvalue weighted by atomic mass is 19.1. The van der Waals surface area contributed by atoms with E-state index in [0.29, 0.717) is 34.0 Å². The van der Waals surface area contributed by atoms with Crippen LogP contribution in [0.5, 0.6) is 11.5 Å². The van der Waals surface area contributed by atoms with Gasteiger partial charge in [0.1, 0.15) is 17.3 Å². The van der Waals surface area contributed by atoms with E-state index < -0.39 is 6.03 Å². The van der Waals surface area contributed by atoms with Gasteiger partial charge in [0, 0.05) is 17.2 Å². The number of halogens is 1. The number of hydrogen-bond acceptors (Lipinski definition) is 6. The van der Waals surface area contributed by atoms with Gasteiger partial charge in [0.05, 0.1) is 25.6 Å². The number of carbonyl (C=O) groups is 1. The van der Waals surface area contributed by atoms with E-state index in [-0.39, 0.29) is 11.8 Å². The van der Waals surface area contributed by atoms with Crippen LogP contribution >= 0.6 is 0 Å². The number of carbonyl (C=O) groups excluding carboxylic acids is 1. The van der Waals surface area contributed by atoms with Crippen LogP contribution in [0.25, 0.3) is 22.5 Å². The van der Waals surface area contributed by atoms with E-state index in [0.717, 1.165) is 0 Å². The zero-order chi connectivity index (χ0) is 20.1. The number of urea groups is 1. The zero-order valence-electron chi connectivity index (χ0n) is 15.2. The average molecular weight is 383 g/mol. The summed E-state index contributed by atoms with van der Waals surface area (Å²) in [4.78, 5) is 20.3. The molecule has 144 valence electrons. The van der Waals surface area contributed by atoms with Crippen molar-refractivity contribution < 1.29 is 18.7 Å². The lowest BCUT2D eigenvalue weighted by molar-refractivity contribution is 0.252. The second-order valence-corrected chi connectivity index (χ2v) is 5.63. The molecule has 0 aliphatic rings. The van der Waals surface area contributed by atoms with E-state index in [2.05, 4.69) is 15.3 Å². The fourth-order valence-corrected chi connectivity index (χ4v) is 2.56. The van der Waals surface area contributed by atoms with Gasteiger partial charge in [-0.15, -0.1) is 0 Å². The topological polar surface area (TPSA) is 111 Å². The second kappa shape index (κ2) is 8.31. The quantitative estimate of drug-likeness (QED) is 0.355. The van der Waals surface area contributed by atoms with Crippen LogP contribution in [0.1, 0.15) is 0 Å². The largest absolute Gasteiger partial charge is 0.497 e. The third-order valence-corrected chi connectivity index (χ3v) is 3.91. The summed E-state index contributed by atoms with van der Waals surface area (Å²) in [5.41, 5.74) is 4.23. The predicted octanol–water partition coefficient (Wildman–Crippen LogP) is 2.96. The maximum atomic E-state index is 13.3. The van der Waals surface area contributed by atoms with Gasteiger partial charge in [0.2, 0.25) is 5.95 Å². The Kier molecular flexibility index (Phi) is 5.66. The van der Waals surface area contributed by atoms with Crippen molar-refractivity contribution in [3.8, 4) is 34.0 Å². The molecule has 0 aliphatic heterocycles. The summed E-state index contributed by atoms with van der Waals surface area (Å²) >= 11 is 0. The molecule has 3 aromatic rings. The maximum Gasteiger partial charge on any atom is 0.335 e. The number of nitrogens with one attached hydrogen (secondary N) is 2. The highest BCUT2D eigenvalue weighted by Crippen LogP contribution is 2.34. The van der Waals surface area contributed by atoms with Crippen LogP contribution in [0.3, 0.4) is 0 Å². The molecule has 4 N–H and O–H groups in total. The molecule has 2 amide bonds. The molecule has 1 heterocycles. The number of nitrogens with zero attached hydrogens (tertiary/aromatic N) is 2. The normalized spacial score (nSPS) is 10.3. The van der Waals surface area contributed by atoms with Crippen molar-refractivity contribution in [2.45, 2.75) is 0 Å². The molecule has 9 heteroatoms. The van der Waals surface area contributed by atoms with Crippen molar-refractivity contribution >= 4 is 12.0 Å². The zero-order valence-corrected chi connectivity index (χ0v) is 15.2. The van der Waals surface area contributed by atoms with Gasteiger partial charge < -0.3 is 9.47 Å². The molecule has 0 aliphatic carbocycles. The predicted molar refractivity (Wildman–Crippen MR) is 102 cm³/mol. The summed E-state index contributed by atoms with van der Waals surface area (Å²) < 4.78 is 23.9. The van der Waals surface area contributed by atoms with Crippen LogP contribution < -0.4 is 26.1 Å². The minimum Gasteiger partial charge on any atom is -0.497 e. The molecule has 28 heavy (non-hydrogen) atoms. The Labute approximate surface area is 160 Å². The molecule has 0 spiro atoms. The van der Waals surface area contributed by atoms with Gasteiger partial charge in [-0.2, -0.15) is 0 Å². The van der Waals surface area contributed by atoms with E-state index in [1.54, 1.807) is 43.5 Å². The molecule has 0 atom stereocenters. The van der Waals surface area contributed by atoms with Crippen LogP contribution in [-0.2, 0) is 0 Å². The van der Waals surface area contributed by atoms with Crippen LogP contribution in [0, 0.1) is 5.82 Å². The summed E-state index contributed by atoms with van der Waals surface area (Å²) in [7, 11) is 3.08. The van der Waals surface area contributed by atoms with Crippen molar-refractivity contribution in [2.75, 3.05) is 19.5 Å². The number of nitrogens with two attached hydrogens (primary N) is 1. The lowest BCUT2D eigenvalue weighted by Crippen LogP contribution is -2.34. The number of benzene rings is 2. The Morgan fingerprint density at radius 3 is 2.36 bits per heavy atom. The van der Waals surface area contributed by atoms with Crippen molar-refractivity contribution in [3.05, 3.63) is 54.3 Å². The summed E-state index contributed by atoms with van der Waals surface area (Å²) in [6, 6.07) is 12.1. The summed E-state index contributed by atoms with van der Waals surface area (Å²) in [6.45, 7) is 0. The first-order chi connectivity index (χ1) is 13.5. The molecule has 0 bridgehead atoms. The Hall–Kier alpha value is -3.72. The van der Waals surface area contributed by atoms with E-state index in [1.165, 1.54) is 19.2 Å². The lowest BCUT2D eigenvalue weighted by Gasteiger charge is -2.13. The number of hydrogen-bond donors (Lipinski definition) is 3. The Bertz CT molecular complexity index is 995. The lowest BCUT2D eigenvalue weighted by atomic mass is 10.1. The van der Waals surface area contributed by atoms with Gasteiger partial charge in [0.25, 0.3) is 0 Å². The molecule has 2 aromatic carbocycles. The average Bonchev–Trinajstić information content (AvgIpc) is 2.73. The number of hydrazine groups is 1. The third-order valence-electron chi connectivity index (χ3n) is 3.91. The molecule has 0 saturated carbocycles. The van der Waals surface area contributed by atoms with Crippen molar-refractivity contribution in [1.29, 1.82) is 0 Å². The first-order valence-corrected chi connectivity index (χ1v) is 8.19. The molecule has 8 nitrogen and oxygen atoms in total. The number of rotatable bonds is 5. The van der Waals surface area contributed by atoms with E-state index >= 15 is 0 Å². The maximum absolute atomic E-state index is 13.3. The highest BCUT2D eigenvalue weighted by Gasteiger charge is 2.14. The second-order valence-electron chi connectivity index (χ2n) is 5.63. The summed E-state index contributed by atoms with van der Waals surface area (Å²) in [5.74, 6) is 5.92. The molecule has 1 aromatic heterocycles. The van der Waals surface area contributed by atoms with Gasteiger partial charge in [-0.25, -0.2) is 25.0 Å². The fraction of sp³-hybridized carbons (Fsp3) is 0.105. The smallest absolute Gasteiger partial charge is 0.335 e. The SMILES string of the molecule is COc1ccc(-c2cc(-c3ccc(F)cc3)nc(NC(=O)NN)n2)c(OC)c1. The van der Waals surface area contributed by atoms with E-state index in [4.69, 9.17) is 15.3 Å². The van der Waals surface area contributed by atoms with Gasteiger partial charge in [0.15, 0.2) is 0 Å². The molecule has 0 radical (unpaired) electrons. The minimum atomic E-state index is -0.677. The van der Waals surface area contributed by atoms with Crippen molar-refractivity contribution in [1.82, 2.24) is 15.4 Å². The number of methoxy groups -OCH3 is 2. The van der Waals surface area contributed by atoms with Crippen LogP contribution in [0.4, 0.5) is 15.1 Å². The van der Waals surface area contributed by atoms with E-state index in [9.17, 15) is 9.18 Å². The Morgan fingerprint density at radius 2 is 1.71 bits per heavy atom. The number of anilines is 1. The summed E-state index contributed by atoms with van der Waals surface area (Å²) in [6.07, 6.45) is 0. The monoisotopic (exact) mass is 383 g/mol.